The van der Waals surface area contributed by atoms with E-state index in [9.17, 15) is 4.79 Å². The minimum absolute atomic E-state index is 0. The fourth-order valence-electron chi connectivity index (χ4n) is 4.17. The van der Waals surface area contributed by atoms with Crippen molar-refractivity contribution in [3.63, 3.8) is 0 Å². The second-order valence-corrected chi connectivity index (χ2v) is 8.27. The average Bonchev–Trinajstić information content (AvgIpc) is 3.37. The maximum atomic E-state index is 15.4. The van der Waals surface area contributed by atoms with Crippen molar-refractivity contribution in [1.82, 2.24) is 19.7 Å². The number of para-hydroxylation sites is 1. The van der Waals surface area contributed by atoms with E-state index in [-0.39, 0.29) is 31.6 Å². The van der Waals surface area contributed by atoms with Gasteiger partial charge < -0.3 is 9.67 Å². The van der Waals surface area contributed by atoms with Gasteiger partial charge in [0.2, 0.25) is 0 Å². The van der Waals surface area contributed by atoms with E-state index in [0.29, 0.717) is 29.9 Å². The van der Waals surface area contributed by atoms with Crippen LogP contribution in [0.3, 0.4) is 0 Å². The van der Waals surface area contributed by atoms with E-state index in [1.54, 1.807) is 30.3 Å². The first-order valence-electron chi connectivity index (χ1n) is 11.5. The fourth-order valence-corrected chi connectivity index (χ4v) is 4.17. The molecule has 4 aromatic rings. The number of alkyl halides is 2. The van der Waals surface area contributed by atoms with Crippen molar-refractivity contribution in [2.75, 3.05) is 0 Å². The quantitative estimate of drug-likeness (QED) is 0.257. The number of rotatable bonds is 5. The van der Waals surface area contributed by atoms with E-state index < -0.39 is 17.8 Å². The molecule has 1 aliphatic carbocycles. The summed E-state index contributed by atoms with van der Waals surface area (Å²) < 4.78 is 32.3. The number of nitrogens with zero attached hydrogens (tertiary/aromatic N) is 4. The van der Waals surface area contributed by atoms with Gasteiger partial charge in [0.25, 0.3) is 0 Å². The molecular formula is C27H25F2IrN4O2-. The zero-order chi connectivity index (χ0) is 24.7. The largest absolute Gasteiger partial charge is 0.477 e. The third kappa shape index (κ3) is 6.28. The van der Waals surface area contributed by atoms with Crippen LogP contribution < -0.4 is 0 Å². The Balaban J connectivity index is 0.000000307. The van der Waals surface area contributed by atoms with Gasteiger partial charge >= 0.3 is 11.9 Å². The molecule has 0 spiro atoms. The Labute approximate surface area is 221 Å². The minimum atomic E-state index is -3.02. The fraction of sp³-hybridized carbons (Fsp3) is 0.259. The first-order valence-corrected chi connectivity index (χ1v) is 11.5. The Hall–Kier alpha value is -3.29. The van der Waals surface area contributed by atoms with Gasteiger partial charge in [-0.15, -0.1) is 41.0 Å². The molecule has 0 aliphatic heterocycles. The molecular weight excluding hydrogens is 643 g/mol. The number of halogens is 2. The van der Waals surface area contributed by atoms with E-state index in [1.165, 1.54) is 16.8 Å². The van der Waals surface area contributed by atoms with Crippen LogP contribution >= 0.6 is 0 Å². The molecule has 2 heterocycles. The molecule has 9 heteroatoms. The number of aromatic nitrogens is 4. The molecule has 1 fully saturated rings. The van der Waals surface area contributed by atoms with Crippen molar-refractivity contribution in [1.29, 1.82) is 0 Å². The molecule has 0 amide bonds. The van der Waals surface area contributed by atoms with E-state index in [1.807, 2.05) is 36.4 Å². The predicted octanol–water partition coefficient (Wildman–Crippen LogP) is 6.18. The van der Waals surface area contributed by atoms with Gasteiger partial charge in [0, 0.05) is 37.9 Å². The second kappa shape index (κ2) is 12.6. The van der Waals surface area contributed by atoms with E-state index >= 15 is 8.78 Å². The zero-order valence-corrected chi connectivity index (χ0v) is 21.7. The van der Waals surface area contributed by atoms with E-state index in [0.717, 1.165) is 19.3 Å². The van der Waals surface area contributed by atoms with Gasteiger partial charge in [-0.3, -0.25) is 0 Å². The van der Waals surface area contributed by atoms with Crippen molar-refractivity contribution < 1.29 is 38.8 Å². The number of benzene rings is 2. The van der Waals surface area contributed by atoms with Crippen LogP contribution in [0.4, 0.5) is 8.78 Å². The summed E-state index contributed by atoms with van der Waals surface area (Å²) in [5.41, 5.74) is 1.36. The molecule has 0 unspecified atom stereocenters. The minimum Gasteiger partial charge on any atom is -0.477 e. The molecule has 2 aromatic carbocycles. The van der Waals surface area contributed by atoms with Crippen LogP contribution in [0.1, 0.15) is 48.4 Å². The third-order valence-corrected chi connectivity index (χ3v) is 5.93. The SMILES string of the molecule is FC(F)(c1nnc(-c2[c-]cccc2)n1-c1ccccc1)C1CCCCC1.O=C(O)c1ccccn1.[Ir]. The number of carbonyl (C=O) groups is 1. The van der Waals surface area contributed by atoms with Crippen LogP contribution in [-0.4, -0.2) is 30.8 Å². The zero-order valence-electron chi connectivity index (χ0n) is 19.4. The summed E-state index contributed by atoms with van der Waals surface area (Å²) in [6, 6.07) is 24.2. The van der Waals surface area contributed by atoms with Crippen molar-refractivity contribution >= 4 is 5.97 Å². The molecule has 1 radical (unpaired) electrons. The van der Waals surface area contributed by atoms with Crippen molar-refractivity contribution in [2.45, 2.75) is 38.0 Å². The average molecular weight is 668 g/mol. The Morgan fingerprint density at radius 1 is 0.944 bits per heavy atom. The maximum Gasteiger partial charge on any atom is 0.354 e. The van der Waals surface area contributed by atoms with E-state index in [4.69, 9.17) is 5.11 Å². The van der Waals surface area contributed by atoms with Crippen LogP contribution in [0, 0.1) is 12.0 Å². The Kier molecular flexibility index (Phi) is 9.56. The summed E-state index contributed by atoms with van der Waals surface area (Å²) >= 11 is 0. The third-order valence-electron chi connectivity index (χ3n) is 5.93. The van der Waals surface area contributed by atoms with Gasteiger partial charge in [0.05, 0.1) is 5.82 Å². The number of carboxylic acids is 1. The van der Waals surface area contributed by atoms with Gasteiger partial charge in [-0.2, -0.15) is 13.9 Å². The molecule has 0 saturated heterocycles. The number of pyridine rings is 1. The second-order valence-electron chi connectivity index (χ2n) is 8.27. The maximum absolute atomic E-state index is 15.4. The monoisotopic (exact) mass is 668 g/mol. The first-order chi connectivity index (χ1) is 17.0. The van der Waals surface area contributed by atoms with Crippen molar-refractivity contribution in [3.8, 4) is 17.1 Å². The standard InChI is InChI=1S/C21H20F2N3.C6H5NO2.Ir/c22-21(23,17-12-6-2-7-13-17)20-25-24-19(16-10-4-1-5-11-16)26(20)18-14-8-3-9-15-18;8-6(9)5-3-1-2-4-7-5;/h1,3-5,8-10,14-15,17H,2,6-7,12-13H2;1-4H,(H,8,9);/q-1;;. The summed E-state index contributed by atoms with van der Waals surface area (Å²) in [7, 11) is 0. The molecule has 5 rings (SSSR count). The molecule has 6 nitrogen and oxygen atoms in total. The molecule has 1 N–H and O–H groups in total. The number of carboxylic acid groups (broad SMARTS) is 1. The molecule has 36 heavy (non-hydrogen) atoms. The van der Waals surface area contributed by atoms with Gasteiger partial charge in [-0.1, -0.05) is 43.5 Å². The molecule has 0 bridgehead atoms. The van der Waals surface area contributed by atoms with Gasteiger partial charge in [0.1, 0.15) is 5.69 Å². The predicted molar refractivity (Wildman–Crippen MR) is 127 cm³/mol. The summed E-state index contributed by atoms with van der Waals surface area (Å²) in [5.74, 6) is -4.58. The summed E-state index contributed by atoms with van der Waals surface area (Å²) in [5, 5.41) is 16.4. The number of hydrogen-bond acceptors (Lipinski definition) is 4. The Morgan fingerprint density at radius 3 is 2.22 bits per heavy atom. The van der Waals surface area contributed by atoms with Gasteiger partial charge in [-0.25, -0.2) is 9.78 Å². The van der Waals surface area contributed by atoms with Crippen LogP contribution in [-0.2, 0) is 26.0 Å². The van der Waals surface area contributed by atoms with E-state index in [2.05, 4.69) is 21.2 Å². The topological polar surface area (TPSA) is 80.9 Å². The Morgan fingerprint density at radius 2 is 1.64 bits per heavy atom. The summed E-state index contributed by atoms with van der Waals surface area (Å²) in [6.45, 7) is 0. The van der Waals surface area contributed by atoms with Crippen LogP contribution in [0.25, 0.3) is 17.1 Å². The van der Waals surface area contributed by atoms with Gasteiger partial charge in [-0.05, 0) is 37.1 Å². The van der Waals surface area contributed by atoms with Crippen molar-refractivity contribution in [3.05, 3.63) is 96.6 Å². The number of hydrogen-bond donors (Lipinski definition) is 1. The Bertz CT molecular complexity index is 1230. The molecule has 1 saturated carbocycles. The van der Waals surface area contributed by atoms with Crippen LogP contribution in [0.2, 0.25) is 0 Å². The van der Waals surface area contributed by atoms with Crippen molar-refractivity contribution in [2.24, 2.45) is 5.92 Å². The summed E-state index contributed by atoms with van der Waals surface area (Å²) in [6.07, 6.45) is 5.23. The first kappa shape index (κ1) is 27.3. The van der Waals surface area contributed by atoms with Gasteiger partial charge in [0.15, 0.2) is 5.82 Å². The molecule has 0 atom stereocenters. The molecule has 189 valence electrons. The molecule has 1 aliphatic rings. The normalized spacial score (nSPS) is 13.7. The smallest absolute Gasteiger partial charge is 0.354 e. The van der Waals surface area contributed by atoms with Crippen LogP contribution in [0.15, 0.2) is 79.0 Å². The number of aromatic carboxylic acids is 1. The molecule has 2 aromatic heterocycles. The summed E-state index contributed by atoms with van der Waals surface area (Å²) in [4.78, 5) is 13.7. The van der Waals surface area contributed by atoms with Crippen LogP contribution in [0.5, 0.6) is 0 Å².